The van der Waals surface area contributed by atoms with Crippen molar-refractivity contribution in [1.29, 1.82) is 5.26 Å². The van der Waals surface area contributed by atoms with E-state index in [1.165, 1.54) is 6.07 Å². The van der Waals surface area contributed by atoms with Gasteiger partial charge in [0.25, 0.3) is 0 Å². The lowest BCUT2D eigenvalue weighted by atomic mass is 10.1. The van der Waals surface area contributed by atoms with Crippen LogP contribution in [0.15, 0.2) is 18.2 Å². The van der Waals surface area contributed by atoms with Crippen LogP contribution in [0.25, 0.3) is 0 Å². The van der Waals surface area contributed by atoms with Crippen molar-refractivity contribution in [2.45, 2.75) is 26.7 Å². The zero-order valence-electron chi connectivity index (χ0n) is 9.76. The second kappa shape index (κ2) is 6.12. The van der Waals surface area contributed by atoms with Gasteiger partial charge in [-0.3, -0.25) is 0 Å². The number of hydrogen-bond acceptors (Lipinski definition) is 2. The van der Waals surface area contributed by atoms with E-state index >= 15 is 0 Å². The molecule has 1 aromatic carbocycles. The largest absolute Gasteiger partial charge is 0.383 e. The molecular formula is C13H17FN2. The van der Waals surface area contributed by atoms with Gasteiger partial charge in [0.1, 0.15) is 5.82 Å². The summed E-state index contributed by atoms with van der Waals surface area (Å²) >= 11 is 0. The summed E-state index contributed by atoms with van der Waals surface area (Å²) in [5, 5.41) is 11.6. The maximum atomic E-state index is 13.4. The molecule has 0 aromatic heterocycles. The van der Waals surface area contributed by atoms with Crippen molar-refractivity contribution in [2.24, 2.45) is 5.92 Å². The Morgan fingerprint density at radius 3 is 2.75 bits per heavy atom. The predicted octanol–water partition coefficient (Wildman–Crippen LogP) is 3.55. The normalized spacial score (nSPS) is 10.2. The molecule has 16 heavy (non-hydrogen) atoms. The first-order chi connectivity index (χ1) is 7.63. The fraction of sp³-hybridized carbons (Fsp3) is 0.462. The van der Waals surface area contributed by atoms with Crippen LogP contribution >= 0.6 is 0 Å². The van der Waals surface area contributed by atoms with Gasteiger partial charge in [-0.1, -0.05) is 13.8 Å². The summed E-state index contributed by atoms with van der Waals surface area (Å²) in [6.45, 7) is 5.10. The minimum absolute atomic E-state index is 0.352. The third kappa shape index (κ3) is 3.90. The van der Waals surface area contributed by atoms with E-state index < -0.39 is 0 Å². The van der Waals surface area contributed by atoms with Crippen molar-refractivity contribution in [3.05, 3.63) is 29.6 Å². The lowest BCUT2D eigenvalue weighted by Gasteiger charge is -2.08. The van der Waals surface area contributed by atoms with E-state index in [0.717, 1.165) is 19.4 Å². The third-order valence-corrected chi connectivity index (χ3v) is 2.37. The lowest BCUT2D eigenvalue weighted by molar-refractivity contribution is 0.565. The Hall–Kier alpha value is -1.56. The molecule has 0 unspecified atom stereocenters. The highest BCUT2D eigenvalue weighted by Gasteiger charge is 2.02. The topological polar surface area (TPSA) is 35.8 Å². The Morgan fingerprint density at radius 1 is 1.44 bits per heavy atom. The van der Waals surface area contributed by atoms with Crippen LogP contribution < -0.4 is 5.32 Å². The average Bonchev–Trinajstić information content (AvgIpc) is 2.25. The van der Waals surface area contributed by atoms with Crippen LogP contribution in [0.3, 0.4) is 0 Å². The quantitative estimate of drug-likeness (QED) is 0.770. The van der Waals surface area contributed by atoms with Gasteiger partial charge in [0.05, 0.1) is 17.3 Å². The molecule has 0 atom stereocenters. The molecule has 86 valence electrons. The summed E-state index contributed by atoms with van der Waals surface area (Å²) in [5.74, 6) is 0.316. The van der Waals surface area contributed by atoms with Gasteiger partial charge in [0.2, 0.25) is 0 Å². The highest BCUT2D eigenvalue weighted by molar-refractivity contribution is 5.48. The van der Waals surface area contributed by atoms with Crippen LogP contribution in [0.4, 0.5) is 10.1 Å². The Labute approximate surface area is 96.1 Å². The summed E-state index contributed by atoms with van der Waals surface area (Å²) in [5.41, 5.74) is 0.827. The molecule has 0 aliphatic heterocycles. The molecule has 1 aromatic rings. The summed E-state index contributed by atoms with van der Waals surface area (Å²) in [6, 6.07) is 6.40. The lowest BCUT2D eigenvalue weighted by Crippen LogP contribution is -2.04. The van der Waals surface area contributed by atoms with Gasteiger partial charge in [0, 0.05) is 6.54 Å². The third-order valence-electron chi connectivity index (χ3n) is 2.37. The van der Waals surface area contributed by atoms with E-state index in [9.17, 15) is 4.39 Å². The van der Waals surface area contributed by atoms with Crippen molar-refractivity contribution < 1.29 is 4.39 Å². The van der Waals surface area contributed by atoms with Crippen molar-refractivity contribution in [2.75, 3.05) is 11.9 Å². The molecule has 0 aliphatic carbocycles. The van der Waals surface area contributed by atoms with Crippen LogP contribution in [0.1, 0.15) is 32.3 Å². The van der Waals surface area contributed by atoms with Gasteiger partial charge in [-0.05, 0) is 37.0 Å². The van der Waals surface area contributed by atoms with Gasteiger partial charge >= 0.3 is 0 Å². The minimum Gasteiger partial charge on any atom is -0.383 e. The number of anilines is 1. The first kappa shape index (κ1) is 12.5. The molecule has 0 spiro atoms. The number of nitrogens with zero attached hydrogens (tertiary/aromatic N) is 1. The summed E-state index contributed by atoms with van der Waals surface area (Å²) < 4.78 is 13.4. The fourth-order valence-electron chi connectivity index (χ4n) is 1.46. The predicted molar refractivity (Wildman–Crippen MR) is 63.7 cm³/mol. The summed E-state index contributed by atoms with van der Waals surface area (Å²) in [7, 11) is 0. The minimum atomic E-state index is -0.358. The molecule has 0 radical (unpaired) electrons. The van der Waals surface area contributed by atoms with Crippen LogP contribution in [-0.4, -0.2) is 6.54 Å². The van der Waals surface area contributed by atoms with Crippen LogP contribution in [0, 0.1) is 23.1 Å². The van der Waals surface area contributed by atoms with Gasteiger partial charge in [0.15, 0.2) is 0 Å². The van der Waals surface area contributed by atoms with E-state index in [0.29, 0.717) is 17.2 Å². The van der Waals surface area contributed by atoms with Gasteiger partial charge in [-0.2, -0.15) is 5.26 Å². The molecule has 0 saturated carbocycles. The number of rotatable bonds is 5. The Bertz CT molecular complexity index is 380. The molecule has 0 bridgehead atoms. The smallest absolute Gasteiger partial charge is 0.147 e. The van der Waals surface area contributed by atoms with E-state index in [-0.39, 0.29) is 5.82 Å². The van der Waals surface area contributed by atoms with Crippen molar-refractivity contribution in [3.63, 3.8) is 0 Å². The molecule has 0 heterocycles. The molecule has 0 amide bonds. The first-order valence-electron chi connectivity index (χ1n) is 5.57. The van der Waals surface area contributed by atoms with Crippen LogP contribution in [0.5, 0.6) is 0 Å². The maximum absolute atomic E-state index is 13.4. The summed E-state index contributed by atoms with van der Waals surface area (Å²) in [4.78, 5) is 0. The molecule has 0 fully saturated rings. The maximum Gasteiger partial charge on any atom is 0.147 e. The van der Waals surface area contributed by atoms with Crippen molar-refractivity contribution >= 4 is 5.69 Å². The zero-order valence-corrected chi connectivity index (χ0v) is 9.76. The Balaban J connectivity index is 2.46. The highest BCUT2D eigenvalue weighted by Crippen LogP contribution is 2.15. The second-order valence-corrected chi connectivity index (χ2v) is 4.27. The number of halogens is 1. The number of benzene rings is 1. The number of nitrogens with one attached hydrogen (secondary N) is 1. The SMILES string of the molecule is CC(C)CCCNc1ccc(C#N)cc1F. The molecule has 3 heteroatoms. The molecule has 1 N–H and O–H groups in total. The summed E-state index contributed by atoms with van der Waals surface area (Å²) in [6.07, 6.45) is 2.15. The Morgan fingerprint density at radius 2 is 2.19 bits per heavy atom. The molecule has 0 saturated heterocycles. The van der Waals surface area contributed by atoms with Crippen molar-refractivity contribution in [1.82, 2.24) is 0 Å². The first-order valence-corrected chi connectivity index (χ1v) is 5.57. The van der Waals surface area contributed by atoms with Crippen LogP contribution in [0.2, 0.25) is 0 Å². The Kier molecular flexibility index (Phi) is 4.78. The standard InChI is InChI=1S/C13H17FN2/c1-10(2)4-3-7-16-13-6-5-11(9-15)8-12(13)14/h5-6,8,10,16H,3-4,7H2,1-2H3. The van der Waals surface area contributed by atoms with E-state index in [1.54, 1.807) is 12.1 Å². The van der Waals surface area contributed by atoms with E-state index in [4.69, 9.17) is 5.26 Å². The van der Waals surface area contributed by atoms with Crippen molar-refractivity contribution in [3.8, 4) is 6.07 Å². The molecular weight excluding hydrogens is 203 g/mol. The second-order valence-electron chi connectivity index (χ2n) is 4.27. The van der Waals surface area contributed by atoms with Crippen LogP contribution in [-0.2, 0) is 0 Å². The van der Waals surface area contributed by atoms with E-state index in [2.05, 4.69) is 19.2 Å². The van der Waals surface area contributed by atoms with Gasteiger partial charge in [-0.15, -0.1) is 0 Å². The monoisotopic (exact) mass is 220 g/mol. The molecule has 1 rings (SSSR count). The molecule has 2 nitrogen and oxygen atoms in total. The fourth-order valence-corrected chi connectivity index (χ4v) is 1.46. The zero-order chi connectivity index (χ0) is 12.0. The highest BCUT2D eigenvalue weighted by atomic mass is 19.1. The van der Waals surface area contributed by atoms with Gasteiger partial charge < -0.3 is 5.32 Å². The number of hydrogen-bond donors (Lipinski definition) is 1. The average molecular weight is 220 g/mol. The van der Waals surface area contributed by atoms with Gasteiger partial charge in [-0.25, -0.2) is 4.39 Å². The molecule has 0 aliphatic rings. The van der Waals surface area contributed by atoms with E-state index in [1.807, 2.05) is 6.07 Å². The number of nitriles is 1.